The molecule has 1 aliphatic heterocycles. The molecular weight excluding hydrogens is 636 g/mol. The number of halogens is 1. The van der Waals surface area contributed by atoms with E-state index >= 15 is 0 Å². The van der Waals surface area contributed by atoms with E-state index in [0.717, 1.165) is 4.90 Å². The van der Waals surface area contributed by atoms with Crippen LogP contribution in [0.1, 0.15) is 22.3 Å². The highest BCUT2D eigenvalue weighted by atomic mass is 35.5. The average Bonchev–Trinajstić information content (AvgIpc) is 3.30. The topological polar surface area (TPSA) is 156 Å². The first-order valence-corrected chi connectivity index (χ1v) is 16.2. The number of amides is 4. The summed E-state index contributed by atoms with van der Waals surface area (Å²) >= 11 is 7.48. The Kier molecular flexibility index (Phi) is 9.49. The van der Waals surface area contributed by atoms with Crippen LogP contribution in [0.2, 0.25) is 5.02 Å². The molecule has 5 rings (SSSR count). The third kappa shape index (κ3) is 7.67. The molecule has 4 N–H and O–H groups in total. The SMILES string of the molecule is NS(=O)(=O)c1ccc(N2C(=O)CC(Sc3ccc(NC(=O)/C(=C/c4ccccc4Cl)NC(=O)c4ccccc4)cc3)C2=O)cc1. The van der Waals surface area contributed by atoms with E-state index in [1.54, 1.807) is 78.9 Å². The number of anilines is 2. The van der Waals surface area contributed by atoms with Gasteiger partial charge in [0.05, 0.1) is 15.8 Å². The van der Waals surface area contributed by atoms with Crippen molar-refractivity contribution in [1.29, 1.82) is 0 Å². The van der Waals surface area contributed by atoms with Crippen molar-refractivity contribution in [1.82, 2.24) is 5.32 Å². The van der Waals surface area contributed by atoms with Crippen molar-refractivity contribution in [2.24, 2.45) is 5.14 Å². The summed E-state index contributed by atoms with van der Waals surface area (Å²) < 4.78 is 23.1. The number of thioether (sulfide) groups is 1. The van der Waals surface area contributed by atoms with Gasteiger partial charge in [0.15, 0.2) is 0 Å². The predicted molar refractivity (Wildman–Crippen MR) is 173 cm³/mol. The predicted octanol–water partition coefficient (Wildman–Crippen LogP) is 4.82. The van der Waals surface area contributed by atoms with Crippen molar-refractivity contribution in [3.8, 4) is 0 Å². The lowest BCUT2D eigenvalue weighted by Crippen LogP contribution is -2.31. The van der Waals surface area contributed by atoms with Crippen LogP contribution in [-0.4, -0.2) is 37.3 Å². The highest BCUT2D eigenvalue weighted by Crippen LogP contribution is 2.34. The minimum atomic E-state index is -3.92. The van der Waals surface area contributed by atoms with Crippen molar-refractivity contribution in [2.75, 3.05) is 10.2 Å². The van der Waals surface area contributed by atoms with Crippen LogP contribution in [0.4, 0.5) is 11.4 Å². The van der Waals surface area contributed by atoms with E-state index in [2.05, 4.69) is 10.6 Å². The highest BCUT2D eigenvalue weighted by molar-refractivity contribution is 8.00. The standard InChI is InChI=1S/C32H25ClN4O6S2/c33-26-9-5-4-8-21(26)18-27(36-30(39)20-6-2-1-3-7-20)31(40)35-22-10-14-24(15-11-22)44-28-19-29(38)37(32(28)41)23-12-16-25(17-13-23)45(34,42)43/h1-18,28H,19H2,(H,35,40)(H,36,39)(H2,34,42,43)/b27-18-. The number of primary sulfonamides is 1. The summed E-state index contributed by atoms with van der Waals surface area (Å²) in [7, 11) is -3.92. The smallest absolute Gasteiger partial charge is 0.272 e. The van der Waals surface area contributed by atoms with E-state index in [4.69, 9.17) is 16.7 Å². The molecule has 4 aromatic rings. The summed E-state index contributed by atoms with van der Waals surface area (Å²) in [4.78, 5) is 53.5. The van der Waals surface area contributed by atoms with Crippen LogP contribution in [0.5, 0.6) is 0 Å². The van der Waals surface area contributed by atoms with Crippen molar-refractivity contribution < 1.29 is 27.6 Å². The molecule has 0 bridgehead atoms. The van der Waals surface area contributed by atoms with Crippen LogP contribution in [0.25, 0.3) is 6.08 Å². The van der Waals surface area contributed by atoms with Gasteiger partial charge in [0, 0.05) is 27.6 Å². The Morgan fingerprint density at radius 1 is 0.889 bits per heavy atom. The molecule has 0 aliphatic carbocycles. The normalized spacial score (nSPS) is 15.2. The molecule has 4 aromatic carbocycles. The second-order valence-electron chi connectivity index (χ2n) is 9.80. The van der Waals surface area contributed by atoms with E-state index in [1.165, 1.54) is 42.1 Å². The molecule has 0 spiro atoms. The fourth-order valence-corrected chi connectivity index (χ4v) is 6.18. The van der Waals surface area contributed by atoms with Crippen molar-refractivity contribution in [2.45, 2.75) is 21.5 Å². The molecule has 1 saturated heterocycles. The first-order chi connectivity index (χ1) is 21.5. The first-order valence-electron chi connectivity index (χ1n) is 13.4. The van der Waals surface area contributed by atoms with E-state index in [0.29, 0.717) is 26.7 Å². The lowest BCUT2D eigenvalue weighted by molar-refractivity contribution is -0.121. The largest absolute Gasteiger partial charge is 0.321 e. The van der Waals surface area contributed by atoms with Crippen LogP contribution in [0.3, 0.4) is 0 Å². The van der Waals surface area contributed by atoms with Crippen LogP contribution in [0.15, 0.2) is 119 Å². The van der Waals surface area contributed by atoms with Gasteiger partial charge in [0.1, 0.15) is 5.70 Å². The van der Waals surface area contributed by atoms with Crippen molar-refractivity contribution >= 4 is 74.5 Å². The Hall–Kier alpha value is -4.75. The molecule has 1 aliphatic rings. The Morgan fingerprint density at radius 2 is 1.53 bits per heavy atom. The zero-order chi connectivity index (χ0) is 32.1. The highest BCUT2D eigenvalue weighted by Gasteiger charge is 2.40. The van der Waals surface area contributed by atoms with Gasteiger partial charge in [-0.15, -0.1) is 11.8 Å². The number of rotatable bonds is 9. The number of imide groups is 1. The van der Waals surface area contributed by atoms with Gasteiger partial charge in [0.2, 0.25) is 21.8 Å². The van der Waals surface area contributed by atoms with Crippen LogP contribution < -0.4 is 20.7 Å². The van der Waals surface area contributed by atoms with E-state index in [-0.39, 0.29) is 22.7 Å². The number of carbonyl (C=O) groups is 4. The Bertz CT molecular complexity index is 1920. The molecule has 10 nitrogen and oxygen atoms in total. The number of carbonyl (C=O) groups excluding carboxylic acids is 4. The van der Waals surface area contributed by atoms with Gasteiger partial charge < -0.3 is 10.6 Å². The van der Waals surface area contributed by atoms with E-state index < -0.39 is 38.9 Å². The molecule has 45 heavy (non-hydrogen) atoms. The molecule has 0 saturated carbocycles. The van der Waals surface area contributed by atoms with Crippen LogP contribution in [0, 0.1) is 0 Å². The maximum absolute atomic E-state index is 13.3. The number of nitrogens with one attached hydrogen (secondary N) is 2. The third-order valence-electron chi connectivity index (χ3n) is 6.65. The van der Waals surface area contributed by atoms with Gasteiger partial charge in [-0.05, 0) is 78.4 Å². The Balaban J connectivity index is 1.27. The number of nitrogens with two attached hydrogens (primary N) is 1. The molecule has 4 amide bonds. The summed E-state index contributed by atoms with van der Waals surface area (Å²) in [5, 5.41) is 10.3. The average molecular weight is 661 g/mol. The first kappa shape index (κ1) is 31.7. The van der Waals surface area contributed by atoms with E-state index in [9.17, 15) is 27.6 Å². The van der Waals surface area contributed by atoms with E-state index in [1.807, 2.05) is 0 Å². The maximum Gasteiger partial charge on any atom is 0.272 e. The second kappa shape index (κ2) is 13.5. The lowest BCUT2D eigenvalue weighted by Gasteiger charge is -2.15. The van der Waals surface area contributed by atoms with Crippen LogP contribution >= 0.6 is 23.4 Å². The number of hydrogen-bond acceptors (Lipinski definition) is 7. The number of sulfonamides is 1. The number of hydrogen-bond donors (Lipinski definition) is 3. The molecule has 0 radical (unpaired) electrons. The van der Waals surface area contributed by atoms with Crippen molar-refractivity contribution in [3.05, 3.63) is 125 Å². The van der Waals surface area contributed by atoms with Gasteiger partial charge >= 0.3 is 0 Å². The van der Waals surface area contributed by atoms with Gasteiger partial charge in [-0.3, -0.25) is 19.2 Å². The summed E-state index contributed by atoms with van der Waals surface area (Å²) in [6.07, 6.45) is 1.44. The molecule has 1 fully saturated rings. The van der Waals surface area contributed by atoms with Gasteiger partial charge in [0.25, 0.3) is 11.8 Å². The molecule has 1 unspecified atom stereocenters. The van der Waals surface area contributed by atoms with Gasteiger partial charge in [-0.25, -0.2) is 18.5 Å². The van der Waals surface area contributed by atoms with Crippen LogP contribution in [-0.2, 0) is 24.4 Å². The minimum Gasteiger partial charge on any atom is -0.321 e. The minimum absolute atomic E-state index is 0.0253. The number of nitrogens with zero attached hydrogens (tertiary/aromatic N) is 1. The zero-order valence-electron chi connectivity index (χ0n) is 23.3. The summed E-state index contributed by atoms with van der Waals surface area (Å²) in [5.41, 5.74) is 1.56. The quantitative estimate of drug-likeness (QED) is 0.172. The molecule has 1 atom stereocenters. The summed E-state index contributed by atoms with van der Waals surface area (Å²) in [6, 6.07) is 27.2. The molecule has 228 valence electrons. The zero-order valence-corrected chi connectivity index (χ0v) is 25.7. The second-order valence-corrected chi connectivity index (χ2v) is 13.0. The monoisotopic (exact) mass is 660 g/mol. The molecule has 0 aromatic heterocycles. The fraction of sp³-hybridized carbons (Fsp3) is 0.0625. The molecule has 13 heteroatoms. The maximum atomic E-state index is 13.3. The molecular formula is C32H25ClN4O6S2. The lowest BCUT2D eigenvalue weighted by atomic mass is 10.1. The Labute approximate surface area is 268 Å². The van der Waals surface area contributed by atoms with Gasteiger partial charge in [-0.1, -0.05) is 48.0 Å². The summed E-state index contributed by atoms with van der Waals surface area (Å²) in [5.74, 6) is -1.91. The summed E-state index contributed by atoms with van der Waals surface area (Å²) in [6.45, 7) is 0. The number of benzene rings is 4. The fourth-order valence-electron chi connectivity index (χ4n) is 4.42. The van der Waals surface area contributed by atoms with Gasteiger partial charge in [-0.2, -0.15) is 0 Å². The van der Waals surface area contributed by atoms with Crippen molar-refractivity contribution in [3.63, 3.8) is 0 Å². The molecule has 1 heterocycles. The third-order valence-corrected chi connectivity index (χ3v) is 9.12. The Morgan fingerprint density at radius 3 is 2.18 bits per heavy atom.